The third kappa shape index (κ3) is 14.4. The molecule has 1 heterocycles. The maximum atomic E-state index is 13.9. The van der Waals surface area contributed by atoms with Crippen LogP contribution in [0.2, 0.25) is 0 Å². The van der Waals surface area contributed by atoms with Crippen molar-refractivity contribution in [2.75, 3.05) is 13.1 Å². The van der Waals surface area contributed by atoms with Gasteiger partial charge in [0.1, 0.15) is 30.2 Å². The van der Waals surface area contributed by atoms with E-state index in [4.69, 9.17) is 25.9 Å². The predicted octanol–water partition coefficient (Wildman–Crippen LogP) is 1.95. The van der Waals surface area contributed by atoms with E-state index in [0.717, 1.165) is 43.2 Å². The largest absolute Gasteiger partial charge is 0.481 e. The number of hydrogen-bond donors (Lipinski definition) is 10. The Labute approximate surface area is 415 Å². The number of aryl methyl sites for hydroxylation is 1. The maximum absolute atomic E-state index is 13.9. The van der Waals surface area contributed by atoms with Gasteiger partial charge >= 0.3 is 19.1 Å². The summed E-state index contributed by atoms with van der Waals surface area (Å²) in [5.74, 6) is -7.54. The molecule has 2 aromatic carbocycles. The van der Waals surface area contributed by atoms with Gasteiger partial charge in [-0.25, -0.2) is 4.79 Å². The number of amides is 6. The van der Waals surface area contributed by atoms with Gasteiger partial charge in [0, 0.05) is 18.5 Å². The number of carboxylic acids is 2. The van der Waals surface area contributed by atoms with E-state index >= 15 is 0 Å². The second-order valence-electron chi connectivity index (χ2n) is 20.0. The molecule has 6 amide bonds. The topological polar surface area (TPSA) is 320 Å². The van der Waals surface area contributed by atoms with Crippen molar-refractivity contribution in [2.24, 2.45) is 28.7 Å². The summed E-state index contributed by atoms with van der Waals surface area (Å²) in [6, 6.07) is 7.78. The van der Waals surface area contributed by atoms with Crippen LogP contribution in [0.1, 0.15) is 122 Å². The lowest BCUT2D eigenvalue weighted by atomic mass is 9.43. The van der Waals surface area contributed by atoms with Crippen molar-refractivity contribution >= 4 is 54.5 Å². The molecule has 12 N–H and O–H groups in total. The van der Waals surface area contributed by atoms with Gasteiger partial charge in [-0.2, -0.15) is 0 Å². The molecule has 0 spiro atoms. The van der Waals surface area contributed by atoms with E-state index in [1.54, 1.807) is 31.2 Å². The van der Waals surface area contributed by atoms with Crippen molar-refractivity contribution in [1.29, 1.82) is 0 Å². The number of hydrogen-bond acceptors (Lipinski definition) is 12. The second-order valence-corrected chi connectivity index (χ2v) is 20.0. The molecule has 2 aromatic rings. The van der Waals surface area contributed by atoms with Gasteiger partial charge in [0.25, 0.3) is 5.91 Å². The fourth-order valence-corrected chi connectivity index (χ4v) is 9.93. The van der Waals surface area contributed by atoms with Crippen LogP contribution in [0.4, 0.5) is 0 Å². The number of carbonyl (C=O) groups is 8. The van der Waals surface area contributed by atoms with Crippen molar-refractivity contribution in [1.82, 2.24) is 31.9 Å². The molecule has 0 aromatic heterocycles. The maximum Gasteiger partial charge on any atom is 0.481 e. The molecule has 2 bridgehead atoms. The minimum absolute atomic E-state index is 0.109. The third-order valence-electron chi connectivity index (χ3n) is 14.5. The first-order valence-electron chi connectivity index (χ1n) is 24.8. The van der Waals surface area contributed by atoms with Crippen LogP contribution in [0.15, 0.2) is 48.5 Å². The summed E-state index contributed by atoms with van der Waals surface area (Å²) >= 11 is 0. The van der Waals surface area contributed by atoms with Crippen molar-refractivity contribution in [3.05, 3.63) is 59.7 Å². The lowest BCUT2D eigenvalue weighted by Gasteiger charge is -2.64. The Bertz CT molecular complexity index is 2230. The van der Waals surface area contributed by atoms with Crippen molar-refractivity contribution in [3.8, 4) is 11.1 Å². The molecule has 6 rings (SSSR count). The number of benzene rings is 2. The van der Waals surface area contributed by atoms with E-state index in [1.165, 1.54) is 12.5 Å². The zero-order chi connectivity index (χ0) is 52.2. The lowest BCUT2D eigenvalue weighted by Crippen LogP contribution is -2.65. The Morgan fingerprint density at radius 1 is 0.718 bits per heavy atom. The molecule has 1 unspecified atom stereocenters. The van der Waals surface area contributed by atoms with Crippen molar-refractivity contribution in [2.45, 2.75) is 160 Å². The van der Waals surface area contributed by atoms with Crippen LogP contribution in [0, 0.1) is 17.3 Å². The molecule has 1 saturated heterocycles. The highest BCUT2D eigenvalue weighted by atomic mass is 16.7. The molecule has 3 aliphatic carbocycles. The molecule has 0 radical (unpaired) electrons. The molecule has 3 saturated carbocycles. The Hall–Kier alpha value is -5.90. The molecule has 388 valence electrons. The average molecular weight is 989 g/mol. The zero-order valence-corrected chi connectivity index (χ0v) is 41.7. The highest BCUT2D eigenvalue weighted by molar-refractivity contribution is 6.47. The monoisotopic (exact) mass is 989 g/mol. The molecule has 1 aliphatic heterocycles. The number of unbranched alkanes of at least 4 members (excludes halogenated alkanes) is 2. The molecule has 71 heavy (non-hydrogen) atoms. The summed E-state index contributed by atoms with van der Waals surface area (Å²) in [5.41, 5.74) is 14.6. The van der Waals surface area contributed by atoms with Gasteiger partial charge in [0.15, 0.2) is 0 Å². The number of aliphatic carboxylic acids is 2. The number of nitrogens with one attached hydrogen (secondary N) is 6. The van der Waals surface area contributed by atoms with Gasteiger partial charge in [-0.1, -0.05) is 63.6 Å². The highest BCUT2D eigenvalue weighted by Gasteiger charge is 2.68. The van der Waals surface area contributed by atoms with Crippen LogP contribution in [0.25, 0.3) is 11.1 Å². The normalized spacial score (nSPS) is 22.1. The van der Waals surface area contributed by atoms with Gasteiger partial charge in [0.2, 0.25) is 29.5 Å². The lowest BCUT2D eigenvalue weighted by molar-refractivity contribution is -0.199. The molecule has 4 aliphatic rings. The van der Waals surface area contributed by atoms with Gasteiger partial charge < -0.3 is 62.9 Å². The second kappa shape index (κ2) is 25.0. The third-order valence-corrected chi connectivity index (χ3v) is 14.5. The van der Waals surface area contributed by atoms with Gasteiger partial charge in [-0.3, -0.25) is 33.6 Å². The quantitative estimate of drug-likeness (QED) is 0.0452. The summed E-state index contributed by atoms with van der Waals surface area (Å²) in [7, 11) is -0.716. The molecule has 21 heteroatoms. The van der Waals surface area contributed by atoms with E-state index < -0.39 is 122 Å². The minimum atomic E-state index is -1.78. The Morgan fingerprint density at radius 3 is 1.92 bits per heavy atom. The average Bonchev–Trinajstić information content (AvgIpc) is 3.70. The van der Waals surface area contributed by atoms with Gasteiger partial charge in [-0.15, -0.1) is 0 Å². The molecular formula is C50H73BN8O12. The molecule has 4 fully saturated rings. The Kier molecular flexibility index (Phi) is 19.7. The molecule has 10 atom stereocenters. The summed E-state index contributed by atoms with van der Waals surface area (Å²) in [6.45, 7) is 11.8. The number of carbonyl (C=O) groups excluding carboxylic acids is 6. The first-order valence-corrected chi connectivity index (χ1v) is 24.8. The van der Waals surface area contributed by atoms with E-state index in [0.29, 0.717) is 31.2 Å². The molecule has 20 nitrogen and oxygen atoms in total. The van der Waals surface area contributed by atoms with Crippen molar-refractivity contribution < 1.29 is 57.9 Å². The van der Waals surface area contributed by atoms with E-state index in [1.807, 2.05) is 12.1 Å². The van der Waals surface area contributed by atoms with Crippen LogP contribution < -0.4 is 43.4 Å². The standard InChI is InChI=1S/C50H73BN8O12/c1-7-8-11-30-13-15-31(16-14-30)32-17-19-33(20-18-32)44(64)59-38(27-53)47(67)58-36(21-22-41(60)56-37(48(68)69)26-42(61)62)45(65)54-28(2)43(63)57-35(12-9-10-23-52)46(66)55-29(3)51-70-40-25-34-24-39(49(34,4)5)50(40,6)71-51/h13-20,28-29,34-40H,7-12,21-27,52-53H2,1-6H3,(H,54,65)(H,55,66)(H,56,60)(H,57,63)(H,58,67)(H,59,64)(H,61,62)(H,68,69)/t28-,29-,34-,35-,36-,37+,38-,39-,40?,50-/m0/s1. The predicted molar refractivity (Wildman–Crippen MR) is 264 cm³/mol. The highest BCUT2D eigenvalue weighted by Crippen LogP contribution is 2.65. The van der Waals surface area contributed by atoms with Crippen molar-refractivity contribution in [3.63, 3.8) is 0 Å². The van der Waals surface area contributed by atoms with Gasteiger partial charge in [0.05, 0.1) is 24.1 Å². The number of carboxylic acid groups (broad SMARTS) is 2. The summed E-state index contributed by atoms with van der Waals surface area (Å²) < 4.78 is 12.9. The SMILES string of the molecule is CCCCc1ccc(-c2ccc(C(=O)N[C@@H](CN)C(=O)N[C@@H](CCC(=O)N[C@H](CC(=O)O)C(=O)O)C(=O)N[C@@H](C)C(=O)N[C@@H](CCCCN)C(=O)N[C@@H](C)B3OC4C[C@@H]5C[C@@H](C5(C)C)[C@]4(C)O3)cc2)cc1. The molecular weight excluding hydrogens is 915 g/mol. The fourth-order valence-electron chi connectivity index (χ4n) is 9.93. The first kappa shape index (κ1) is 56.0. The fraction of sp³-hybridized carbons (Fsp3) is 0.600. The van der Waals surface area contributed by atoms with Crippen LogP contribution in [0.5, 0.6) is 0 Å². The first-order chi connectivity index (χ1) is 33.6. The number of nitrogens with two attached hydrogens (primary N) is 2. The zero-order valence-electron chi connectivity index (χ0n) is 41.7. The van der Waals surface area contributed by atoms with E-state index in [-0.39, 0.29) is 23.5 Å². The Balaban J connectivity index is 1.23. The summed E-state index contributed by atoms with van der Waals surface area (Å²) in [4.78, 5) is 104. The summed E-state index contributed by atoms with van der Waals surface area (Å²) in [5, 5.41) is 33.9. The van der Waals surface area contributed by atoms with Crippen LogP contribution in [0.3, 0.4) is 0 Å². The smallest absolute Gasteiger partial charge is 0.481 e. The van der Waals surface area contributed by atoms with Gasteiger partial charge in [-0.05, 0) is 125 Å². The summed E-state index contributed by atoms with van der Waals surface area (Å²) in [6.07, 6.45) is 4.28. The number of rotatable bonds is 27. The Morgan fingerprint density at radius 2 is 1.32 bits per heavy atom. The van der Waals surface area contributed by atoms with Crippen LogP contribution in [-0.4, -0.2) is 126 Å². The van der Waals surface area contributed by atoms with E-state index in [2.05, 4.69) is 71.7 Å². The van der Waals surface area contributed by atoms with Crippen LogP contribution in [-0.2, 0) is 49.3 Å². The minimum Gasteiger partial charge on any atom is -0.481 e. The van der Waals surface area contributed by atoms with E-state index in [9.17, 15) is 43.5 Å². The van der Waals surface area contributed by atoms with Crippen LogP contribution >= 0.6 is 0 Å².